The van der Waals surface area contributed by atoms with Gasteiger partial charge in [-0.25, -0.2) is 4.79 Å². The molecular weight excluding hydrogens is 969 g/mol. The van der Waals surface area contributed by atoms with Gasteiger partial charge >= 0.3 is 17.9 Å². The standard InChI is InChI=1S/C45H76N10O16S/c1-22(2)17-29(51-37(62)25(46)21-56)40(65)49-27(11-13-35(58)59)38(63)52-30(18-23(3)4)41(66)48-26(10-12-34(47)57)39(64)54-32(19-24(5)6)44(69)55-15-8-9-33(55)43(68)53-31(20-36(60)61)42(67)50-28(45(70)71)14-16-72-7/h22-33,56H,8-21,46H2,1-7H3,(H2,47,57)(H,48,66)(H,49,65)(H,50,67)(H,51,62)(H,52,63)(H,53,68)(H,54,64)(H,58,59)(H,60,61)(H,70,71)/t25-,26-,27-,28-,29-,30-,31-,32-,33-/m0/s1. The monoisotopic (exact) mass is 1040 g/mol. The van der Waals surface area contributed by atoms with Gasteiger partial charge in [-0.1, -0.05) is 41.5 Å². The number of hydrogen-bond donors (Lipinski definition) is 13. The average Bonchev–Trinajstić information content (AvgIpc) is 3.78. The van der Waals surface area contributed by atoms with Crippen molar-refractivity contribution in [2.45, 2.75) is 167 Å². The minimum absolute atomic E-state index is 0.00415. The smallest absolute Gasteiger partial charge is 0.326 e. The van der Waals surface area contributed by atoms with E-state index in [0.717, 1.165) is 4.90 Å². The molecule has 0 aromatic heterocycles. The van der Waals surface area contributed by atoms with Crippen molar-refractivity contribution in [3.8, 4) is 0 Å². The molecule has 0 aliphatic carbocycles. The lowest BCUT2D eigenvalue weighted by atomic mass is 9.99. The molecule has 72 heavy (non-hydrogen) atoms. The van der Waals surface area contributed by atoms with Gasteiger partial charge in [-0.05, 0) is 81.1 Å². The molecule has 1 heterocycles. The Bertz CT molecular complexity index is 1920. The van der Waals surface area contributed by atoms with Gasteiger partial charge in [0.05, 0.1) is 13.0 Å². The molecule has 0 spiro atoms. The summed E-state index contributed by atoms with van der Waals surface area (Å²) in [5.41, 5.74) is 11.0. The van der Waals surface area contributed by atoms with Crippen LogP contribution in [0.5, 0.6) is 0 Å². The van der Waals surface area contributed by atoms with Crippen LogP contribution in [0.4, 0.5) is 0 Å². The maximum Gasteiger partial charge on any atom is 0.326 e. The number of likely N-dealkylation sites (tertiary alicyclic amines) is 1. The van der Waals surface area contributed by atoms with Crippen LogP contribution in [0.3, 0.4) is 0 Å². The Labute approximate surface area is 422 Å². The molecule has 0 radical (unpaired) electrons. The van der Waals surface area contributed by atoms with Crippen molar-refractivity contribution in [1.29, 1.82) is 0 Å². The molecule has 0 aromatic rings. The summed E-state index contributed by atoms with van der Waals surface area (Å²) < 4.78 is 0. The molecule has 0 bridgehead atoms. The fraction of sp³-hybridized carbons (Fsp3) is 0.733. The highest BCUT2D eigenvalue weighted by atomic mass is 32.2. The second-order valence-corrected chi connectivity index (χ2v) is 19.9. The Morgan fingerprint density at radius 1 is 0.569 bits per heavy atom. The first kappa shape index (κ1) is 63.9. The number of carboxylic acid groups (broad SMARTS) is 3. The van der Waals surface area contributed by atoms with Crippen LogP contribution in [0.15, 0.2) is 0 Å². The molecule has 9 atom stereocenters. The van der Waals surface area contributed by atoms with E-state index in [1.54, 1.807) is 47.8 Å². The lowest BCUT2D eigenvalue weighted by molar-refractivity contribution is -0.145. The minimum atomic E-state index is -1.72. The van der Waals surface area contributed by atoms with Crippen molar-refractivity contribution >= 4 is 82.8 Å². The van der Waals surface area contributed by atoms with E-state index in [0.29, 0.717) is 5.75 Å². The molecule has 15 N–H and O–H groups in total. The lowest BCUT2D eigenvalue weighted by Crippen LogP contribution is -2.60. The highest BCUT2D eigenvalue weighted by molar-refractivity contribution is 7.98. The zero-order valence-electron chi connectivity index (χ0n) is 42.0. The molecule has 1 fully saturated rings. The number of nitrogens with one attached hydrogen (secondary N) is 7. The van der Waals surface area contributed by atoms with Gasteiger partial charge in [0, 0.05) is 19.4 Å². The third kappa shape index (κ3) is 23.4. The number of aliphatic carboxylic acids is 3. The number of aliphatic hydroxyl groups excluding tert-OH is 1. The van der Waals surface area contributed by atoms with E-state index in [4.69, 9.17) is 11.5 Å². The number of primary amides is 1. The minimum Gasteiger partial charge on any atom is -0.481 e. The second-order valence-electron chi connectivity index (χ2n) is 19.0. The topological polar surface area (TPSA) is 425 Å². The van der Waals surface area contributed by atoms with Crippen molar-refractivity contribution in [2.75, 3.05) is 25.2 Å². The van der Waals surface area contributed by atoms with Crippen LogP contribution >= 0.6 is 11.8 Å². The van der Waals surface area contributed by atoms with Crippen LogP contribution < -0.4 is 48.7 Å². The number of thioether (sulfide) groups is 1. The molecule has 1 aliphatic rings. The first-order valence-electron chi connectivity index (χ1n) is 23.8. The predicted octanol–water partition coefficient (Wildman–Crippen LogP) is -2.73. The normalized spacial score (nSPS) is 16.7. The van der Waals surface area contributed by atoms with Crippen molar-refractivity contribution in [3.05, 3.63) is 0 Å². The number of amides is 9. The Hall–Kier alpha value is -6.09. The summed E-state index contributed by atoms with van der Waals surface area (Å²) in [6.07, 6.45) is -0.730. The molecule has 1 aliphatic heterocycles. The van der Waals surface area contributed by atoms with Crippen molar-refractivity contribution < 1.29 is 78.0 Å². The van der Waals surface area contributed by atoms with Crippen LogP contribution in [0.25, 0.3) is 0 Å². The first-order chi connectivity index (χ1) is 33.6. The van der Waals surface area contributed by atoms with Crippen LogP contribution in [0, 0.1) is 17.8 Å². The number of hydrogen-bond acceptors (Lipinski definition) is 15. The molecule has 1 rings (SSSR count). The summed E-state index contributed by atoms with van der Waals surface area (Å²) in [4.78, 5) is 158. The van der Waals surface area contributed by atoms with Crippen molar-refractivity contribution in [3.63, 3.8) is 0 Å². The number of rotatable bonds is 34. The number of carboxylic acids is 3. The summed E-state index contributed by atoms with van der Waals surface area (Å²) in [5.74, 6) is -12.8. The number of nitrogens with zero attached hydrogens (tertiary/aromatic N) is 1. The third-order valence-electron chi connectivity index (χ3n) is 11.2. The SMILES string of the molecule is CSCC[C@H](NC(=O)[C@H](CC(=O)O)NC(=O)[C@@H]1CCCN1C(=O)[C@H](CC(C)C)NC(=O)[C@H](CCC(N)=O)NC(=O)[C@H](CC(C)C)NC(=O)[C@H](CCC(=O)O)NC(=O)[C@H](CC(C)C)NC(=O)[C@@H](N)CO)C(=O)O. The quantitative estimate of drug-likeness (QED) is 0.0311. The maximum atomic E-state index is 14.3. The van der Waals surface area contributed by atoms with Gasteiger partial charge < -0.3 is 74.0 Å². The Morgan fingerprint density at radius 3 is 1.44 bits per heavy atom. The highest BCUT2D eigenvalue weighted by Crippen LogP contribution is 2.22. The summed E-state index contributed by atoms with van der Waals surface area (Å²) >= 11 is 1.32. The molecule has 1 saturated heterocycles. The van der Waals surface area contributed by atoms with E-state index in [9.17, 15) is 78.0 Å². The van der Waals surface area contributed by atoms with E-state index in [2.05, 4.69) is 37.2 Å². The van der Waals surface area contributed by atoms with Gasteiger partial charge in [0.15, 0.2) is 0 Å². The maximum absolute atomic E-state index is 14.3. The Balaban J connectivity index is 3.48. The molecule has 26 nitrogen and oxygen atoms in total. The predicted molar refractivity (Wildman–Crippen MR) is 260 cm³/mol. The lowest BCUT2D eigenvalue weighted by Gasteiger charge is -2.31. The highest BCUT2D eigenvalue weighted by Gasteiger charge is 2.41. The molecule has 408 valence electrons. The molecular formula is C45H76N10O16S. The van der Waals surface area contributed by atoms with Crippen LogP contribution in [0.2, 0.25) is 0 Å². The third-order valence-corrected chi connectivity index (χ3v) is 11.8. The molecule has 9 amide bonds. The van der Waals surface area contributed by atoms with Crippen LogP contribution in [-0.2, 0) is 57.5 Å². The zero-order chi connectivity index (χ0) is 55.0. The van der Waals surface area contributed by atoms with Gasteiger partial charge in [0.25, 0.3) is 0 Å². The largest absolute Gasteiger partial charge is 0.481 e. The molecule has 0 aromatic carbocycles. The average molecular weight is 1050 g/mol. The number of carbonyl (C=O) groups is 12. The number of carbonyl (C=O) groups excluding carboxylic acids is 9. The van der Waals surface area contributed by atoms with Crippen molar-refractivity contribution in [1.82, 2.24) is 42.1 Å². The Morgan fingerprint density at radius 2 is 1.00 bits per heavy atom. The van der Waals surface area contributed by atoms with Crippen molar-refractivity contribution in [2.24, 2.45) is 29.2 Å². The van der Waals surface area contributed by atoms with Crippen LogP contribution in [0.1, 0.15) is 112 Å². The first-order valence-corrected chi connectivity index (χ1v) is 25.2. The van der Waals surface area contributed by atoms with E-state index >= 15 is 0 Å². The molecule has 0 unspecified atom stereocenters. The fourth-order valence-electron chi connectivity index (χ4n) is 7.56. The van der Waals surface area contributed by atoms with Crippen LogP contribution in [-0.4, -0.2) is 176 Å². The summed E-state index contributed by atoms with van der Waals surface area (Å²) in [6.45, 7) is 9.67. The Kier molecular flexibility index (Phi) is 28.5. The van der Waals surface area contributed by atoms with E-state index in [-0.39, 0.29) is 69.2 Å². The van der Waals surface area contributed by atoms with E-state index in [1.165, 1.54) is 11.8 Å². The summed E-state index contributed by atoms with van der Waals surface area (Å²) in [6, 6.07) is -12.9. The van der Waals surface area contributed by atoms with Gasteiger partial charge in [-0.15, -0.1) is 0 Å². The van der Waals surface area contributed by atoms with E-state index < -0.39 is 158 Å². The molecule has 27 heteroatoms. The van der Waals surface area contributed by atoms with Gasteiger partial charge in [-0.2, -0.15) is 11.8 Å². The summed E-state index contributed by atoms with van der Waals surface area (Å²) in [7, 11) is 0. The second kappa shape index (κ2) is 32.1. The number of nitrogens with two attached hydrogens (primary N) is 2. The fourth-order valence-corrected chi connectivity index (χ4v) is 8.03. The van der Waals surface area contributed by atoms with Gasteiger partial charge in [-0.3, -0.25) is 52.7 Å². The molecule has 0 saturated carbocycles. The number of aliphatic hydroxyl groups is 1. The van der Waals surface area contributed by atoms with Gasteiger partial charge in [0.1, 0.15) is 54.4 Å². The van der Waals surface area contributed by atoms with Gasteiger partial charge in [0.2, 0.25) is 53.2 Å². The zero-order valence-corrected chi connectivity index (χ0v) is 42.8. The van der Waals surface area contributed by atoms with E-state index in [1.807, 2.05) is 0 Å². The summed E-state index contributed by atoms with van der Waals surface area (Å²) in [5, 5.41) is 55.0.